The Morgan fingerprint density at radius 3 is 2.48 bits per heavy atom. The molecule has 0 aromatic heterocycles. The fourth-order valence-electron chi connectivity index (χ4n) is 2.50. The highest BCUT2D eigenvalue weighted by Crippen LogP contribution is 2.37. The molecule has 0 unspecified atom stereocenters. The summed E-state index contributed by atoms with van der Waals surface area (Å²) in [6.45, 7) is 0.321. The predicted octanol–water partition coefficient (Wildman–Crippen LogP) is 5.43. The van der Waals surface area contributed by atoms with E-state index >= 15 is 0 Å². The molecule has 3 rings (SSSR count). The van der Waals surface area contributed by atoms with E-state index < -0.39 is 11.7 Å². The topological polar surface area (TPSA) is 47.6 Å². The Kier molecular flexibility index (Phi) is 6.08. The molecule has 0 radical (unpaired) electrons. The first-order valence-corrected chi connectivity index (χ1v) is 8.98. The number of carbonyl (C=O) groups excluding carboxylic acids is 1. The van der Waals surface area contributed by atoms with E-state index in [-0.39, 0.29) is 5.69 Å². The van der Waals surface area contributed by atoms with Gasteiger partial charge < -0.3 is 14.8 Å². The highest BCUT2D eigenvalue weighted by molar-refractivity contribution is 9.10. The Labute approximate surface area is 165 Å². The molecular formula is C21H17BrFNO3. The van der Waals surface area contributed by atoms with Crippen molar-refractivity contribution in [3.63, 3.8) is 0 Å². The molecule has 1 N–H and O–H groups in total. The first kappa shape index (κ1) is 18.9. The van der Waals surface area contributed by atoms with Crippen molar-refractivity contribution in [2.45, 2.75) is 6.61 Å². The van der Waals surface area contributed by atoms with Gasteiger partial charge in [0.05, 0.1) is 17.3 Å². The van der Waals surface area contributed by atoms with Crippen LogP contribution in [0.2, 0.25) is 0 Å². The second-order valence-electron chi connectivity index (χ2n) is 5.70. The van der Waals surface area contributed by atoms with Gasteiger partial charge in [0.1, 0.15) is 12.4 Å². The third-order valence-corrected chi connectivity index (χ3v) is 4.42. The number of anilines is 1. The molecule has 1 amide bonds. The minimum absolute atomic E-state index is 0.112. The van der Waals surface area contributed by atoms with Crippen LogP contribution in [0.15, 0.2) is 71.2 Å². The summed E-state index contributed by atoms with van der Waals surface area (Å²) in [5, 5.41) is 2.56. The standard InChI is InChI=1S/C21H17BrFNO3/c1-26-20-16(22)11-15(21(25)24-18-10-6-5-9-17(18)23)12-19(20)27-13-14-7-3-2-4-8-14/h2-12H,13H2,1H3,(H,24,25). The van der Waals surface area contributed by atoms with E-state index in [1.54, 1.807) is 24.3 Å². The summed E-state index contributed by atoms with van der Waals surface area (Å²) in [4.78, 5) is 12.5. The lowest BCUT2D eigenvalue weighted by atomic mass is 10.1. The van der Waals surface area contributed by atoms with Crippen LogP contribution >= 0.6 is 15.9 Å². The SMILES string of the molecule is COc1c(Br)cc(C(=O)Nc2ccccc2F)cc1OCc1ccccc1. The van der Waals surface area contributed by atoms with Gasteiger partial charge >= 0.3 is 0 Å². The molecule has 0 aliphatic carbocycles. The zero-order valence-electron chi connectivity index (χ0n) is 14.5. The zero-order chi connectivity index (χ0) is 19.2. The quantitative estimate of drug-likeness (QED) is 0.568. The van der Waals surface area contributed by atoms with Crippen LogP contribution in [0, 0.1) is 5.82 Å². The van der Waals surface area contributed by atoms with E-state index in [2.05, 4.69) is 21.2 Å². The van der Waals surface area contributed by atoms with Crippen molar-refractivity contribution in [3.8, 4) is 11.5 Å². The van der Waals surface area contributed by atoms with E-state index in [4.69, 9.17) is 9.47 Å². The highest BCUT2D eigenvalue weighted by Gasteiger charge is 2.16. The number of nitrogens with one attached hydrogen (secondary N) is 1. The summed E-state index contributed by atoms with van der Waals surface area (Å²) in [7, 11) is 1.52. The number of methoxy groups -OCH3 is 1. The van der Waals surface area contributed by atoms with Crippen molar-refractivity contribution in [1.82, 2.24) is 0 Å². The number of carbonyl (C=O) groups is 1. The lowest BCUT2D eigenvalue weighted by Gasteiger charge is -2.14. The third-order valence-electron chi connectivity index (χ3n) is 3.84. The monoisotopic (exact) mass is 429 g/mol. The van der Waals surface area contributed by atoms with E-state index in [0.717, 1.165) is 5.56 Å². The molecule has 0 aliphatic heterocycles. The molecule has 27 heavy (non-hydrogen) atoms. The van der Waals surface area contributed by atoms with Crippen LogP contribution in [0.1, 0.15) is 15.9 Å². The van der Waals surface area contributed by atoms with Crippen molar-refractivity contribution in [2.75, 3.05) is 12.4 Å². The first-order chi connectivity index (χ1) is 13.1. The lowest BCUT2D eigenvalue weighted by molar-refractivity contribution is 0.102. The van der Waals surface area contributed by atoms with Crippen LogP contribution in [-0.2, 0) is 6.61 Å². The number of para-hydroxylation sites is 1. The van der Waals surface area contributed by atoms with E-state index in [1.807, 2.05) is 30.3 Å². The Bertz CT molecular complexity index is 947. The molecule has 0 saturated carbocycles. The number of hydrogen-bond acceptors (Lipinski definition) is 3. The number of amides is 1. The van der Waals surface area contributed by atoms with Gasteiger partial charge in [-0.25, -0.2) is 4.39 Å². The Morgan fingerprint density at radius 1 is 1.07 bits per heavy atom. The van der Waals surface area contributed by atoms with Crippen molar-refractivity contribution in [2.24, 2.45) is 0 Å². The van der Waals surface area contributed by atoms with Crippen LogP contribution in [-0.4, -0.2) is 13.0 Å². The van der Waals surface area contributed by atoms with Crippen LogP contribution in [0.25, 0.3) is 0 Å². The molecule has 3 aromatic rings. The van der Waals surface area contributed by atoms with Gasteiger partial charge in [-0.2, -0.15) is 0 Å². The Morgan fingerprint density at radius 2 is 1.78 bits per heavy atom. The van der Waals surface area contributed by atoms with E-state index in [1.165, 1.54) is 19.2 Å². The van der Waals surface area contributed by atoms with Crippen molar-refractivity contribution >= 4 is 27.5 Å². The van der Waals surface area contributed by atoms with Gasteiger partial charge in [-0.1, -0.05) is 42.5 Å². The van der Waals surface area contributed by atoms with Crippen LogP contribution in [0.3, 0.4) is 0 Å². The smallest absolute Gasteiger partial charge is 0.255 e. The molecule has 0 saturated heterocycles. The number of halogens is 2. The summed E-state index contributed by atoms with van der Waals surface area (Å²) in [5.41, 5.74) is 1.41. The minimum Gasteiger partial charge on any atom is -0.492 e. The summed E-state index contributed by atoms with van der Waals surface area (Å²) >= 11 is 3.39. The maximum absolute atomic E-state index is 13.8. The van der Waals surface area contributed by atoms with Crippen LogP contribution in [0.4, 0.5) is 10.1 Å². The maximum Gasteiger partial charge on any atom is 0.255 e. The Hall–Kier alpha value is -2.86. The lowest BCUT2D eigenvalue weighted by Crippen LogP contribution is -2.13. The average molecular weight is 430 g/mol. The molecule has 0 heterocycles. The van der Waals surface area contributed by atoms with Crippen molar-refractivity contribution < 1.29 is 18.7 Å². The molecule has 3 aromatic carbocycles. The van der Waals surface area contributed by atoms with E-state index in [9.17, 15) is 9.18 Å². The number of ether oxygens (including phenoxy) is 2. The number of benzene rings is 3. The molecule has 0 fully saturated rings. The van der Waals surface area contributed by atoms with Gasteiger partial charge in [0, 0.05) is 5.56 Å². The van der Waals surface area contributed by atoms with Crippen LogP contribution in [0.5, 0.6) is 11.5 Å². The Balaban J connectivity index is 1.84. The number of hydrogen-bond donors (Lipinski definition) is 1. The summed E-state index contributed by atoms with van der Waals surface area (Å²) in [5.74, 6) is -0.0604. The van der Waals surface area contributed by atoms with Crippen molar-refractivity contribution in [3.05, 3.63) is 88.1 Å². The zero-order valence-corrected chi connectivity index (χ0v) is 16.1. The molecule has 0 aliphatic rings. The molecule has 138 valence electrons. The summed E-state index contributed by atoms with van der Waals surface area (Å²) in [6, 6.07) is 18.8. The van der Waals surface area contributed by atoms with Crippen LogP contribution < -0.4 is 14.8 Å². The number of rotatable bonds is 6. The van der Waals surface area contributed by atoms with Gasteiger partial charge in [0.15, 0.2) is 11.5 Å². The predicted molar refractivity (Wildman–Crippen MR) is 106 cm³/mol. The molecular weight excluding hydrogens is 413 g/mol. The second-order valence-corrected chi connectivity index (χ2v) is 6.55. The fraction of sp³-hybridized carbons (Fsp3) is 0.0952. The van der Waals surface area contributed by atoms with E-state index in [0.29, 0.717) is 28.1 Å². The minimum atomic E-state index is -0.501. The summed E-state index contributed by atoms with van der Waals surface area (Å²) < 4.78 is 25.6. The molecule has 0 atom stereocenters. The van der Waals surface area contributed by atoms with Gasteiger partial charge in [0.25, 0.3) is 5.91 Å². The maximum atomic E-state index is 13.8. The van der Waals surface area contributed by atoms with Gasteiger partial charge in [-0.3, -0.25) is 4.79 Å². The normalized spacial score (nSPS) is 10.3. The summed E-state index contributed by atoms with van der Waals surface area (Å²) in [6.07, 6.45) is 0. The highest BCUT2D eigenvalue weighted by atomic mass is 79.9. The molecule has 6 heteroatoms. The van der Waals surface area contributed by atoms with Gasteiger partial charge in [0.2, 0.25) is 0 Å². The molecule has 4 nitrogen and oxygen atoms in total. The third kappa shape index (κ3) is 4.65. The molecule has 0 spiro atoms. The average Bonchev–Trinajstić information content (AvgIpc) is 2.68. The second kappa shape index (κ2) is 8.68. The molecule has 0 bridgehead atoms. The largest absolute Gasteiger partial charge is 0.492 e. The van der Waals surface area contributed by atoms with Gasteiger partial charge in [-0.05, 0) is 45.8 Å². The van der Waals surface area contributed by atoms with Gasteiger partial charge in [-0.15, -0.1) is 0 Å². The fourth-order valence-corrected chi connectivity index (χ4v) is 3.10. The first-order valence-electron chi connectivity index (χ1n) is 8.18. The van der Waals surface area contributed by atoms with Crippen molar-refractivity contribution in [1.29, 1.82) is 0 Å².